The predicted octanol–water partition coefficient (Wildman–Crippen LogP) is 2.15. The lowest BCUT2D eigenvalue weighted by Gasteiger charge is -2.05. The Kier molecular flexibility index (Phi) is 2.98. The van der Waals surface area contributed by atoms with Gasteiger partial charge in [0.25, 0.3) is 0 Å². The van der Waals surface area contributed by atoms with Crippen molar-refractivity contribution in [2.75, 3.05) is 5.32 Å². The highest BCUT2D eigenvalue weighted by Crippen LogP contribution is 2.20. The number of anilines is 1. The molecule has 0 spiro atoms. The fraction of sp³-hybridized carbons (Fsp3) is 0.556. The van der Waals surface area contributed by atoms with Crippen molar-refractivity contribution >= 4 is 33.8 Å². The van der Waals surface area contributed by atoms with E-state index in [4.69, 9.17) is 12.2 Å². The van der Waals surface area contributed by atoms with Gasteiger partial charge in [-0.05, 0) is 31.5 Å². The molecule has 1 heterocycles. The summed E-state index contributed by atoms with van der Waals surface area (Å²) in [5.74, 6) is 0. The summed E-state index contributed by atoms with van der Waals surface area (Å²) >= 11 is 6.74. The van der Waals surface area contributed by atoms with E-state index in [1.54, 1.807) is 11.3 Å². The molecule has 3 nitrogen and oxygen atoms in total. The maximum absolute atomic E-state index is 5.14. The lowest BCUT2D eigenvalue weighted by Crippen LogP contribution is -2.30. The first kappa shape index (κ1) is 9.86. The molecular formula is C9H13N3S2. The average molecular weight is 227 g/mol. The highest BCUT2D eigenvalue weighted by Gasteiger charge is 2.21. The van der Waals surface area contributed by atoms with Gasteiger partial charge in [0, 0.05) is 11.4 Å². The fourth-order valence-corrected chi connectivity index (χ4v) is 2.20. The van der Waals surface area contributed by atoms with Crippen LogP contribution in [0.25, 0.3) is 0 Å². The van der Waals surface area contributed by atoms with Gasteiger partial charge in [0.2, 0.25) is 0 Å². The van der Waals surface area contributed by atoms with E-state index in [1.165, 1.54) is 12.8 Å². The van der Waals surface area contributed by atoms with Crippen LogP contribution in [0.4, 0.5) is 5.13 Å². The van der Waals surface area contributed by atoms with E-state index >= 15 is 0 Å². The molecule has 0 saturated heterocycles. The number of rotatable bonds is 3. The summed E-state index contributed by atoms with van der Waals surface area (Å²) in [6, 6.07) is 0.598. The van der Waals surface area contributed by atoms with Crippen LogP contribution in [0.15, 0.2) is 5.38 Å². The SMILES string of the molecule is CCc1csc(NC(=S)NC2CC2)n1. The zero-order valence-corrected chi connectivity index (χ0v) is 9.67. The van der Waals surface area contributed by atoms with Crippen LogP contribution in [0.2, 0.25) is 0 Å². The molecule has 1 aromatic heterocycles. The molecule has 2 rings (SSSR count). The van der Waals surface area contributed by atoms with E-state index in [1.807, 2.05) is 0 Å². The summed E-state index contributed by atoms with van der Waals surface area (Å²) in [5.41, 5.74) is 1.12. The van der Waals surface area contributed by atoms with Gasteiger partial charge in [-0.1, -0.05) is 6.92 Å². The molecule has 76 valence electrons. The molecule has 1 aromatic rings. The monoisotopic (exact) mass is 227 g/mol. The molecule has 0 atom stereocenters. The van der Waals surface area contributed by atoms with E-state index < -0.39 is 0 Å². The van der Waals surface area contributed by atoms with Crippen LogP contribution in [-0.4, -0.2) is 16.1 Å². The number of thiocarbonyl (C=S) groups is 1. The van der Waals surface area contributed by atoms with E-state index in [0.29, 0.717) is 11.2 Å². The largest absolute Gasteiger partial charge is 0.360 e. The number of nitrogens with one attached hydrogen (secondary N) is 2. The molecule has 1 aliphatic carbocycles. The van der Waals surface area contributed by atoms with E-state index in [9.17, 15) is 0 Å². The lowest BCUT2D eigenvalue weighted by atomic mass is 10.4. The van der Waals surface area contributed by atoms with Crippen molar-refractivity contribution in [3.05, 3.63) is 11.1 Å². The highest BCUT2D eigenvalue weighted by atomic mass is 32.1. The molecule has 0 bridgehead atoms. The van der Waals surface area contributed by atoms with Gasteiger partial charge in [-0.25, -0.2) is 4.98 Å². The van der Waals surface area contributed by atoms with Crippen molar-refractivity contribution in [1.82, 2.24) is 10.3 Å². The zero-order valence-electron chi connectivity index (χ0n) is 8.04. The maximum atomic E-state index is 5.14. The second-order valence-electron chi connectivity index (χ2n) is 3.37. The first-order valence-corrected chi connectivity index (χ1v) is 6.08. The molecule has 0 unspecified atom stereocenters. The quantitative estimate of drug-likeness (QED) is 0.776. The van der Waals surface area contributed by atoms with Gasteiger partial charge in [0.15, 0.2) is 10.2 Å². The van der Waals surface area contributed by atoms with Crippen molar-refractivity contribution < 1.29 is 0 Å². The van der Waals surface area contributed by atoms with Crippen molar-refractivity contribution in [1.29, 1.82) is 0 Å². The standard InChI is InChI=1S/C9H13N3S2/c1-2-6-5-14-9(11-6)12-8(13)10-7-3-4-7/h5,7H,2-4H2,1H3,(H2,10,11,12,13). The first-order chi connectivity index (χ1) is 6.78. The second kappa shape index (κ2) is 4.23. The summed E-state index contributed by atoms with van der Waals surface area (Å²) in [6.45, 7) is 2.10. The van der Waals surface area contributed by atoms with Crippen molar-refractivity contribution in [2.24, 2.45) is 0 Å². The smallest absolute Gasteiger partial charge is 0.189 e. The zero-order chi connectivity index (χ0) is 9.97. The van der Waals surface area contributed by atoms with Crippen LogP contribution < -0.4 is 10.6 Å². The van der Waals surface area contributed by atoms with Gasteiger partial charge in [0.1, 0.15) is 0 Å². The Morgan fingerprint density at radius 3 is 3.07 bits per heavy atom. The van der Waals surface area contributed by atoms with Gasteiger partial charge in [-0.15, -0.1) is 11.3 Å². The number of aromatic nitrogens is 1. The van der Waals surface area contributed by atoms with Crippen LogP contribution in [0.1, 0.15) is 25.5 Å². The minimum absolute atomic E-state index is 0.598. The number of hydrogen-bond donors (Lipinski definition) is 2. The Balaban J connectivity index is 1.85. The Bertz CT molecular complexity index is 331. The normalized spacial score (nSPS) is 15.2. The van der Waals surface area contributed by atoms with Gasteiger partial charge in [-0.3, -0.25) is 0 Å². The van der Waals surface area contributed by atoms with E-state index in [-0.39, 0.29) is 0 Å². The number of nitrogens with zero attached hydrogens (tertiary/aromatic N) is 1. The lowest BCUT2D eigenvalue weighted by molar-refractivity contribution is 0.918. The van der Waals surface area contributed by atoms with E-state index in [2.05, 4.69) is 27.9 Å². The molecule has 5 heteroatoms. The van der Waals surface area contributed by atoms with Gasteiger partial charge in [-0.2, -0.15) is 0 Å². The molecule has 0 aromatic carbocycles. The molecule has 0 aliphatic heterocycles. The molecule has 1 saturated carbocycles. The van der Waals surface area contributed by atoms with Crippen LogP contribution in [0.3, 0.4) is 0 Å². The molecule has 14 heavy (non-hydrogen) atoms. The predicted molar refractivity (Wildman–Crippen MR) is 63.9 cm³/mol. The summed E-state index contributed by atoms with van der Waals surface area (Å²) in [5, 5.41) is 9.96. The van der Waals surface area contributed by atoms with Crippen LogP contribution >= 0.6 is 23.6 Å². The molecule has 0 radical (unpaired) electrons. The van der Waals surface area contributed by atoms with Gasteiger partial charge < -0.3 is 10.6 Å². The van der Waals surface area contributed by atoms with Crippen molar-refractivity contribution in [2.45, 2.75) is 32.2 Å². The highest BCUT2D eigenvalue weighted by molar-refractivity contribution is 7.80. The van der Waals surface area contributed by atoms with Gasteiger partial charge in [0.05, 0.1) is 5.69 Å². The molecule has 1 aliphatic rings. The third-order valence-corrected chi connectivity index (χ3v) is 3.07. The fourth-order valence-electron chi connectivity index (χ4n) is 1.07. The number of aryl methyl sites for hydroxylation is 1. The number of hydrogen-bond acceptors (Lipinski definition) is 3. The third kappa shape index (κ3) is 2.65. The van der Waals surface area contributed by atoms with Gasteiger partial charge >= 0.3 is 0 Å². The van der Waals surface area contributed by atoms with Crippen LogP contribution in [0.5, 0.6) is 0 Å². The van der Waals surface area contributed by atoms with Crippen LogP contribution in [0, 0.1) is 0 Å². The Labute approximate surface area is 92.9 Å². The minimum Gasteiger partial charge on any atom is -0.360 e. The van der Waals surface area contributed by atoms with Crippen LogP contribution in [-0.2, 0) is 6.42 Å². The summed E-state index contributed by atoms with van der Waals surface area (Å²) in [4.78, 5) is 4.38. The van der Waals surface area contributed by atoms with Crippen molar-refractivity contribution in [3.8, 4) is 0 Å². The maximum Gasteiger partial charge on any atom is 0.189 e. The second-order valence-corrected chi connectivity index (χ2v) is 4.64. The molecule has 1 fully saturated rings. The summed E-state index contributed by atoms with van der Waals surface area (Å²) in [7, 11) is 0. The Hall–Kier alpha value is -0.680. The topological polar surface area (TPSA) is 37.0 Å². The van der Waals surface area contributed by atoms with Crippen molar-refractivity contribution in [3.63, 3.8) is 0 Å². The molecule has 2 N–H and O–H groups in total. The third-order valence-electron chi connectivity index (χ3n) is 2.05. The van der Waals surface area contributed by atoms with E-state index in [0.717, 1.165) is 17.2 Å². The molecular weight excluding hydrogens is 214 g/mol. The summed E-state index contributed by atoms with van der Waals surface area (Å²) in [6.07, 6.45) is 3.45. The number of thiazole rings is 1. The summed E-state index contributed by atoms with van der Waals surface area (Å²) < 4.78 is 0. The minimum atomic E-state index is 0.598. The molecule has 0 amide bonds. The Morgan fingerprint density at radius 2 is 2.50 bits per heavy atom. The Morgan fingerprint density at radius 1 is 1.71 bits per heavy atom. The average Bonchev–Trinajstić information content (AvgIpc) is 2.83. The first-order valence-electron chi connectivity index (χ1n) is 4.80.